The number of aryl methyl sites for hydroxylation is 2. The summed E-state index contributed by atoms with van der Waals surface area (Å²) in [5.41, 5.74) is 4.29. The van der Waals surface area contributed by atoms with Crippen molar-refractivity contribution in [2.45, 2.75) is 89.9 Å². The summed E-state index contributed by atoms with van der Waals surface area (Å²) in [7, 11) is 0. The van der Waals surface area contributed by atoms with Crippen LogP contribution in [-0.4, -0.2) is 9.97 Å². The number of nitrogens with zero attached hydrogens (tertiary/aromatic N) is 2. The van der Waals surface area contributed by atoms with Gasteiger partial charge in [-0.1, -0.05) is 57.4 Å². The molecule has 0 amide bonds. The van der Waals surface area contributed by atoms with Crippen LogP contribution in [0.15, 0.2) is 36.7 Å². The number of unbranched alkanes of at least 4 members (excludes halogenated alkanes) is 2. The molecule has 0 bridgehead atoms. The fourth-order valence-corrected chi connectivity index (χ4v) is 4.21. The average Bonchev–Trinajstić information content (AvgIpc) is 2.70. The Morgan fingerprint density at radius 1 is 0.731 bits per heavy atom. The van der Waals surface area contributed by atoms with E-state index in [1.54, 1.807) is 0 Å². The zero-order valence-corrected chi connectivity index (χ0v) is 16.6. The lowest BCUT2D eigenvalue weighted by Crippen LogP contribution is -2.14. The predicted molar refractivity (Wildman–Crippen MR) is 110 cm³/mol. The van der Waals surface area contributed by atoms with Crippen molar-refractivity contribution in [1.29, 1.82) is 0 Å². The first-order chi connectivity index (χ1) is 12.8. The fraction of sp³-hybridized carbons (Fsp3) is 0.583. The number of benzene rings is 1. The Balaban J connectivity index is 1.51. The second-order valence-electron chi connectivity index (χ2n) is 7.95. The van der Waals surface area contributed by atoms with Crippen LogP contribution >= 0.6 is 0 Å². The maximum atomic E-state index is 4.65. The largest absolute Gasteiger partial charge is 0.241 e. The van der Waals surface area contributed by atoms with E-state index in [2.05, 4.69) is 48.1 Å². The van der Waals surface area contributed by atoms with Crippen LogP contribution in [0.3, 0.4) is 0 Å². The minimum absolute atomic E-state index is 0.551. The second-order valence-corrected chi connectivity index (χ2v) is 7.95. The molecule has 1 fully saturated rings. The van der Waals surface area contributed by atoms with Crippen molar-refractivity contribution in [3.05, 3.63) is 59.2 Å². The first kappa shape index (κ1) is 19.1. The van der Waals surface area contributed by atoms with Crippen molar-refractivity contribution in [1.82, 2.24) is 9.97 Å². The molecule has 1 aliphatic rings. The van der Waals surface area contributed by atoms with Crippen LogP contribution in [0.5, 0.6) is 0 Å². The van der Waals surface area contributed by atoms with E-state index in [9.17, 15) is 0 Å². The lowest BCUT2D eigenvalue weighted by molar-refractivity contribution is 0.385. The molecule has 2 heteroatoms. The Labute approximate surface area is 159 Å². The van der Waals surface area contributed by atoms with Gasteiger partial charge in [0.1, 0.15) is 5.82 Å². The first-order valence-corrected chi connectivity index (χ1v) is 10.7. The van der Waals surface area contributed by atoms with Gasteiger partial charge >= 0.3 is 0 Å². The van der Waals surface area contributed by atoms with Gasteiger partial charge in [-0.05, 0) is 67.6 Å². The third-order valence-corrected chi connectivity index (χ3v) is 5.88. The summed E-state index contributed by atoms with van der Waals surface area (Å²) in [5.74, 6) is 2.33. The third-order valence-electron chi connectivity index (χ3n) is 5.88. The van der Waals surface area contributed by atoms with E-state index in [0.717, 1.165) is 24.6 Å². The van der Waals surface area contributed by atoms with Crippen LogP contribution in [-0.2, 0) is 12.8 Å². The molecule has 2 aromatic rings. The molecular formula is C24H34N2. The van der Waals surface area contributed by atoms with Crippen LogP contribution in [0, 0.1) is 0 Å². The van der Waals surface area contributed by atoms with Crippen LogP contribution < -0.4 is 0 Å². The average molecular weight is 351 g/mol. The van der Waals surface area contributed by atoms with Crippen molar-refractivity contribution >= 4 is 0 Å². The van der Waals surface area contributed by atoms with Gasteiger partial charge in [-0.3, -0.25) is 0 Å². The van der Waals surface area contributed by atoms with Gasteiger partial charge in [0.25, 0.3) is 0 Å². The highest BCUT2D eigenvalue weighted by molar-refractivity contribution is 5.26. The molecule has 140 valence electrons. The van der Waals surface area contributed by atoms with Crippen molar-refractivity contribution in [3.63, 3.8) is 0 Å². The summed E-state index contributed by atoms with van der Waals surface area (Å²) >= 11 is 0. The topological polar surface area (TPSA) is 25.8 Å². The van der Waals surface area contributed by atoms with Gasteiger partial charge in [-0.15, -0.1) is 0 Å². The normalized spacial score (nSPS) is 20.2. The van der Waals surface area contributed by atoms with E-state index in [1.807, 2.05) is 12.4 Å². The maximum Gasteiger partial charge on any atom is 0.131 e. The Morgan fingerprint density at radius 2 is 1.38 bits per heavy atom. The van der Waals surface area contributed by atoms with E-state index >= 15 is 0 Å². The number of aromatic nitrogens is 2. The van der Waals surface area contributed by atoms with Gasteiger partial charge in [-0.25, -0.2) is 9.97 Å². The molecule has 26 heavy (non-hydrogen) atoms. The lowest BCUT2D eigenvalue weighted by Gasteiger charge is -2.28. The monoisotopic (exact) mass is 350 g/mol. The third kappa shape index (κ3) is 5.16. The standard InChI is InChI=1S/C24H34N2/c1-3-5-6-8-19-9-11-21(12-10-19)22-13-15-23(16-14-22)24-25-17-20(7-4-2)18-26-24/h9-12,17-18,22-23H,3-8,13-16H2,1-2H3. The van der Waals surface area contributed by atoms with E-state index in [-0.39, 0.29) is 0 Å². The highest BCUT2D eigenvalue weighted by Gasteiger charge is 2.25. The molecule has 1 aromatic heterocycles. The summed E-state index contributed by atoms with van der Waals surface area (Å²) < 4.78 is 0. The molecule has 0 unspecified atom stereocenters. The van der Waals surface area contributed by atoms with Crippen LogP contribution in [0.1, 0.15) is 99.6 Å². The number of hydrogen-bond acceptors (Lipinski definition) is 2. The second kappa shape index (κ2) is 9.85. The molecule has 1 heterocycles. The van der Waals surface area contributed by atoms with Crippen LogP contribution in [0.2, 0.25) is 0 Å². The van der Waals surface area contributed by atoms with Gasteiger partial charge in [-0.2, -0.15) is 0 Å². The van der Waals surface area contributed by atoms with E-state index in [1.165, 1.54) is 68.1 Å². The van der Waals surface area contributed by atoms with Crippen LogP contribution in [0.25, 0.3) is 0 Å². The zero-order chi connectivity index (χ0) is 18.2. The first-order valence-electron chi connectivity index (χ1n) is 10.7. The van der Waals surface area contributed by atoms with Gasteiger partial charge in [0.05, 0.1) is 0 Å². The maximum absolute atomic E-state index is 4.65. The van der Waals surface area contributed by atoms with Gasteiger partial charge < -0.3 is 0 Å². The van der Waals surface area contributed by atoms with Gasteiger partial charge in [0.2, 0.25) is 0 Å². The minimum Gasteiger partial charge on any atom is -0.241 e. The zero-order valence-electron chi connectivity index (χ0n) is 16.6. The predicted octanol–water partition coefficient (Wildman–Crippen LogP) is 6.60. The summed E-state index contributed by atoms with van der Waals surface area (Å²) in [6.45, 7) is 4.47. The molecule has 1 saturated carbocycles. The smallest absolute Gasteiger partial charge is 0.131 e. The molecule has 0 N–H and O–H groups in total. The quantitative estimate of drug-likeness (QED) is 0.501. The summed E-state index contributed by atoms with van der Waals surface area (Å²) in [6.07, 6.45) is 16.5. The van der Waals surface area contributed by atoms with Gasteiger partial charge in [0, 0.05) is 18.3 Å². The Kier molecular flexibility index (Phi) is 7.22. The van der Waals surface area contributed by atoms with Crippen molar-refractivity contribution in [2.75, 3.05) is 0 Å². The molecule has 1 aliphatic carbocycles. The summed E-state index contributed by atoms with van der Waals surface area (Å²) in [6, 6.07) is 9.46. The van der Waals surface area contributed by atoms with Crippen molar-refractivity contribution in [2.24, 2.45) is 0 Å². The lowest BCUT2D eigenvalue weighted by atomic mass is 9.78. The molecule has 0 saturated heterocycles. The van der Waals surface area contributed by atoms with E-state index in [0.29, 0.717) is 5.92 Å². The van der Waals surface area contributed by atoms with Crippen molar-refractivity contribution in [3.8, 4) is 0 Å². The van der Waals surface area contributed by atoms with Crippen molar-refractivity contribution < 1.29 is 0 Å². The molecule has 0 radical (unpaired) electrons. The minimum atomic E-state index is 0.551. The molecule has 0 spiro atoms. The molecule has 0 atom stereocenters. The Bertz CT molecular complexity index is 637. The van der Waals surface area contributed by atoms with Crippen LogP contribution in [0.4, 0.5) is 0 Å². The summed E-state index contributed by atoms with van der Waals surface area (Å²) in [4.78, 5) is 9.31. The Hall–Kier alpha value is -1.70. The molecule has 2 nitrogen and oxygen atoms in total. The van der Waals surface area contributed by atoms with E-state index in [4.69, 9.17) is 0 Å². The Morgan fingerprint density at radius 3 is 2.00 bits per heavy atom. The number of rotatable bonds is 8. The molecule has 3 rings (SSSR count). The van der Waals surface area contributed by atoms with E-state index < -0.39 is 0 Å². The summed E-state index contributed by atoms with van der Waals surface area (Å²) in [5, 5.41) is 0. The fourth-order valence-electron chi connectivity index (χ4n) is 4.21. The highest BCUT2D eigenvalue weighted by Crippen LogP contribution is 2.39. The highest BCUT2D eigenvalue weighted by atomic mass is 14.9. The number of hydrogen-bond donors (Lipinski definition) is 0. The van der Waals surface area contributed by atoms with Gasteiger partial charge in [0.15, 0.2) is 0 Å². The molecule has 1 aromatic carbocycles. The molecule has 0 aliphatic heterocycles. The molecular weight excluding hydrogens is 316 g/mol. The SMILES string of the molecule is CCCCCc1ccc(C2CCC(c3ncc(CCC)cn3)CC2)cc1.